The molecule has 3 N–H and O–H groups in total. The summed E-state index contributed by atoms with van der Waals surface area (Å²) in [7, 11) is 4.20. The molecule has 1 aliphatic rings. The Bertz CT molecular complexity index is 512. The summed E-state index contributed by atoms with van der Waals surface area (Å²) >= 11 is 6.01. The smallest absolute Gasteiger partial charge is 0.172 e. The number of oxime groups is 1. The number of likely N-dealkylation sites (tertiary alicyclic amines) is 1. The summed E-state index contributed by atoms with van der Waals surface area (Å²) in [6.45, 7) is 3.25. The predicted octanol–water partition coefficient (Wildman–Crippen LogP) is 2.21. The third-order valence-corrected chi connectivity index (χ3v) is 4.36. The van der Waals surface area contributed by atoms with Gasteiger partial charge in [-0.3, -0.25) is 0 Å². The van der Waals surface area contributed by atoms with Crippen molar-refractivity contribution >= 4 is 23.1 Å². The van der Waals surface area contributed by atoms with Crippen LogP contribution in [0.2, 0.25) is 5.02 Å². The molecule has 0 unspecified atom stereocenters. The van der Waals surface area contributed by atoms with Gasteiger partial charge in [-0.05, 0) is 57.1 Å². The van der Waals surface area contributed by atoms with Gasteiger partial charge in [-0.1, -0.05) is 16.8 Å². The molecule has 2 rings (SSSR count). The third kappa shape index (κ3) is 4.02. The van der Waals surface area contributed by atoms with Crippen LogP contribution in [0.15, 0.2) is 23.4 Å². The van der Waals surface area contributed by atoms with E-state index in [0.717, 1.165) is 25.3 Å². The lowest BCUT2D eigenvalue weighted by atomic mass is 9.96. The van der Waals surface area contributed by atoms with E-state index >= 15 is 0 Å². The van der Waals surface area contributed by atoms with Crippen LogP contribution in [0.25, 0.3) is 0 Å². The van der Waals surface area contributed by atoms with Gasteiger partial charge in [0.15, 0.2) is 5.84 Å². The Balaban J connectivity index is 2.13. The number of nitrogens with two attached hydrogens (primary N) is 1. The lowest BCUT2D eigenvalue weighted by Gasteiger charge is -2.33. The van der Waals surface area contributed by atoms with E-state index in [1.54, 1.807) is 6.07 Å². The molecule has 0 radical (unpaired) electrons. The van der Waals surface area contributed by atoms with Crippen molar-refractivity contribution in [2.24, 2.45) is 16.8 Å². The van der Waals surface area contributed by atoms with E-state index < -0.39 is 0 Å². The fourth-order valence-corrected chi connectivity index (χ4v) is 3.00. The van der Waals surface area contributed by atoms with Crippen LogP contribution in [0.4, 0.5) is 5.69 Å². The first-order valence-electron chi connectivity index (χ1n) is 7.18. The minimum Gasteiger partial charge on any atom is -0.409 e. The van der Waals surface area contributed by atoms with Gasteiger partial charge in [0.1, 0.15) is 0 Å². The van der Waals surface area contributed by atoms with Gasteiger partial charge in [-0.15, -0.1) is 0 Å². The molecule has 0 spiro atoms. The summed E-state index contributed by atoms with van der Waals surface area (Å²) < 4.78 is 0. The van der Waals surface area contributed by atoms with Gasteiger partial charge in [0.05, 0.1) is 0 Å². The Morgan fingerprint density at radius 2 is 2.14 bits per heavy atom. The Labute approximate surface area is 131 Å². The largest absolute Gasteiger partial charge is 0.409 e. The minimum atomic E-state index is 0.0859. The summed E-state index contributed by atoms with van der Waals surface area (Å²) in [6.07, 6.45) is 2.40. The minimum absolute atomic E-state index is 0.0859. The molecule has 0 aromatic heterocycles. The summed E-state index contributed by atoms with van der Waals surface area (Å²) in [6, 6.07) is 5.48. The van der Waals surface area contributed by atoms with Crippen molar-refractivity contribution in [1.29, 1.82) is 0 Å². The maximum atomic E-state index is 8.93. The number of hydrogen-bond donors (Lipinski definition) is 2. The molecule has 1 fully saturated rings. The Kier molecular flexibility index (Phi) is 5.31. The summed E-state index contributed by atoms with van der Waals surface area (Å²) in [5, 5.41) is 12.6. The van der Waals surface area contributed by atoms with Gasteiger partial charge in [0.25, 0.3) is 0 Å². The van der Waals surface area contributed by atoms with Gasteiger partial charge in [-0.2, -0.15) is 0 Å². The second kappa shape index (κ2) is 7.00. The molecule has 1 saturated heterocycles. The fourth-order valence-electron chi connectivity index (χ4n) is 2.83. The van der Waals surface area contributed by atoms with Crippen LogP contribution in [0.5, 0.6) is 0 Å². The lowest BCUT2D eigenvalue weighted by molar-refractivity contribution is 0.222. The molecule has 0 bridgehead atoms. The molecule has 0 aliphatic carbocycles. The van der Waals surface area contributed by atoms with E-state index in [4.69, 9.17) is 22.5 Å². The van der Waals surface area contributed by atoms with Crippen LogP contribution in [-0.2, 0) is 0 Å². The topological polar surface area (TPSA) is 65.1 Å². The Morgan fingerprint density at radius 1 is 1.48 bits per heavy atom. The van der Waals surface area contributed by atoms with Gasteiger partial charge < -0.3 is 20.7 Å². The first-order valence-corrected chi connectivity index (χ1v) is 7.56. The van der Waals surface area contributed by atoms with Crippen molar-refractivity contribution in [3.8, 4) is 0 Å². The fraction of sp³-hybridized carbons (Fsp3) is 0.533. The first-order chi connectivity index (χ1) is 10.0. The maximum absolute atomic E-state index is 8.93. The van der Waals surface area contributed by atoms with Gasteiger partial charge in [0.2, 0.25) is 0 Å². The SMILES string of the molecule is CN1CCC(CN(C)c2ccc(Cl)cc2C(N)=NO)CC1. The molecule has 116 valence electrons. The van der Waals surface area contributed by atoms with Crippen molar-refractivity contribution in [1.82, 2.24) is 4.90 Å². The highest BCUT2D eigenvalue weighted by molar-refractivity contribution is 6.31. The molecule has 0 atom stereocenters. The van der Waals surface area contributed by atoms with Gasteiger partial charge in [0, 0.05) is 29.9 Å². The van der Waals surface area contributed by atoms with Crippen molar-refractivity contribution in [3.05, 3.63) is 28.8 Å². The quantitative estimate of drug-likeness (QED) is 0.387. The molecule has 1 aliphatic heterocycles. The average Bonchev–Trinajstić information content (AvgIpc) is 2.48. The van der Waals surface area contributed by atoms with Crippen LogP contribution in [0.3, 0.4) is 0 Å². The molecule has 1 aromatic carbocycles. The number of rotatable bonds is 4. The molecule has 1 heterocycles. The highest BCUT2D eigenvalue weighted by atomic mass is 35.5. The van der Waals surface area contributed by atoms with Crippen LogP contribution in [0, 0.1) is 5.92 Å². The maximum Gasteiger partial charge on any atom is 0.172 e. The zero-order valence-electron chi connectivity index (χ0n) is 12.6. The van der Waals surface area contributed by atoms with E-state index in [1.807, 2.05) is 19.2 Å². The number of piperidine rings is 1. The molecule has 1 aromatic rings. The lowest BCUT2D eigenvalue weighted by Crippen LogP contribution is -2.36. The number of anilines is 1. The molecule has 21 heavy (non-hydrogen) atoms. The zero-order chi connectivity index (χ0) is 15.4. The summed E-state index contributed by atoms with van der Waals surface area (Å²) in [5.41, 5.74) is 7.37. The highest BCUT2D eigenvalue weighted by Crippen LogP contribution is 2.26. The summed E-state index contributed by atoms with van der Waals surface area (Å²) in [4.78, 5) is 4.53. The molecule has 0 saturated carbocycles. The van der Waals surface area contributed by atoms with Crippen LogP contribution in [0.1, 0.15) is 18.4 Å². The van der Waals surface area contributed by atoms with Crippen molar-refractivity contribution < 1.29 is 5.21 Å². The molecular formula is C15H23ClN4O. The Hall–Kier alpha value is -1.46. The van der Waals surface area contributed by atoms with Gasteiger partial charge >= 0.3 is 0 Å². The van der Waals surface area contributed by atoms with Crippen LogP contribution in [-0.4, -0.2) is 49.7 Å². The zero-order valence-corrected chi connectivity index (χ0v) is 13.3. The summed E-state index contributed by atoms with van der Waals surface area (Å²) in [5.74, 6) is 0.754. The standard InChI is InChI=1S/C15H23ClN4O/c1-19-7-5-11(6-8-19)10-20(2)14-4-3-12(16)9-13(14)15(17)18-21/h3-4,9,11,21H,5-8,10H2,1-2H3,(H2,17,18). The molecule has 0 amide bonds. The highest BCUT2D eigenvalue weighted by Gasteiger charge is 2.20. The normalized spacial score (nSPS) is 18.0. The first kappa shape index (κ1) is 15.9. The van der Waals surface area contributed by atoms with E-state index in [1.165, 1.54) is 12.8 Å². The molecular weight excluding hydrogens is 288 g/mol. The van der Waals surface area contributed by atoms with Gasteiger partial charge in [-0.25, -0.2) is 0 Å². The number of hydrogen-bond acceptors (Lipinski definition) is 4. The second-order valence-corrected chi connectivity index (χ2v) is 6.21. The monoisotopic (exact) mass is 310 g/mol. The van der Waals surface area contributed by atoms with Crippen molar-refractivity contribution in [2.75, 3.05) is 38.6 Å². The molecule has 6 heteroatoms. The third-order valence-electron chi connectivity index (χ3n) is 4.12. The van der Waals surface area contributed by atoms with E-state index in [2.05, 4.69) is 22.0 Å². The number of amidine groups is 1. The van der Waals surface area contributed by atoms with E-state index in [9.17, 15) is 0 Å². The van der Waals surface area contributed by atoms with Crippen molar-refractivity contribution in [3.63, 3.8) is 0 Å². The average molecular weight is 311 g/mol. The van der Waals surface area contributed by atoms with E-state index in [0.29, 0.717) is 16.5 Å². The number of halogens is 1. The predicted molar refractivity (Wildman–Crippen MR) is 87.5 cm³/mol. The number of benzene rings is 1. The molecule has 5 nitrogen and oxygen atoms in total. The van der Waals surface area contributed by atoms with Crippen molar-refractivity contribution in [2.45, 2.75) is 12.8 Å². The van der Waals surface area contributed by atoms with Crippen LogP contribution < -0.4 is 10.6 Å². The number of nitrogens with zero attached hydrogens (tertiary/aromatic N) is 3. The van der Waals surface area contributed by atoms with Crippen LogP contribution >= 0.6 is 11.6 Å². The Morgan fingerprint density at radius 3 is 2.76 bits per heavy atom. The second-order valence-electron chi connectivity index (χ2n) is 5.77. The van der Waals surface area contributed by atoms with E-state index in [-0.39, 0.29) is 5.84 Å².